The van der Waals surface area contributed by atoms with Crippen molar-refractivity contribution in [2.24, 2.45) is 4.99 Å². The van der Waals surface area contributed by atoms with Crippen LogP contribution in [0.3, 0.4) is 0 Å². The summed E-state index contributed by atoms with van der Waals surface area (Å²) >= 11 is 0.996. The van der Waals surface area contributed by atoms with Gasteiger partial charge in [-0.3, -0.25) is 4.79 Å². The van der Waals surface area contributed by atoms with Gasteiger partial charge in [0, 0.05) is 5.25 Å². The minimum Gasteiger partial charge on any atom is -0.315 e. The molecule has 2 fully saturated rings. The Balaban J connectivity index is 1.71. The van der Waals surface area contributed by atoms with Crippen molar-refractivity contribution in [3.05, 3.63) is 65.5 Å². The summed E-state index contributed by atoms with van der Waals surface area (Å²) in [6, 6.07) is 9.31. The Hall–Kier alpha value is -2.40. The molecule has 2 aliphatic rings. The largest absolute Gasteiger partial charge is 0.418 e. The van der Waals surface area contributed by atoms with Gasteiger partial charge in [-0.2, -0.15) is 18.2 Å². The molecule has 164 valence electrons. The van der Waals surface area contributed by atoms with E-state index in [0.717, 1.165) is 17.8 Å². The standard InChI is InChI=1S/C20H16F4N2O3S2/c21-13-7-5-12(6-8-13)9-18(27)25-19-26(16-10-31(28,29)11-17(16)30-19)15-4-2-1-3-14(15)20(22,23)24/h1-8,16-17H,9-11H2/t16-,17-/m0/s1. The van der Waals surface area contributed by atoms with Gasteiger partial charge in [0.15, 0.2) is 15.0 Å². The van der Waals surface area contributed by atoms with E-state index in [9.17, 15) is 30.8 Å². The Morgan fingerprint density at radius 2 is 1.77 bits per heavy atom. The number of benzene rings is 2. The van der Waals surface area contributed by atoms with E-state index in [1.54, 1.807) is 0 Å². The molecular formula is C20H16F4N2O3S2. The molecule has 0 aromatic heterocycles. The minimum absolute atomic E-state index is 0.0358. The van der Waals surface area contributed by atoms with Crippen LogP contribution in [0.25, 0.3) is 0 Å². The summed E-state index contributed by atoms with van der Waals surface area (Å²) in [6.45, 7) is 0. The lowest BCUT2D eigenvalue weighted by molar-refractivity contribution is -0.137. The van der Waals surface area contributed by atoms with Crippen molar-refractivity contribution in [1.29, 1.82) is 0 Å². The summed E-state index contributed by atoms with van der Waals surface area (Å²) < 4.78 is 78.1. The van der Waals surface area contributed by atoms with Crippen LogP contribution in [0.5, 0.6) is 0 Å². The van der Waals surface area contributed by atoms with Gasteiger partial charge in [-0.25, -0.2) is 12.8 Å². The third kappa shape index (κ3) is 4.62. The van der Waals surface area contributed by atoms with Crippen LogP contribution in [0.2, 0.25) is 0 Å². The van der Waals surface area contributed by atoms with Gasteiger partial charge in [-0.05, 0) is 29.8 Å². The number of aliphatic imine (C=N–C) groups is 1. The van der Waals surface area contributed by atoms with Crippen LogP contribution in [0.4, 0.5) is 23.2 Å². The van der Waals surface area contributed by atoms with Gasteiger partial charge < -0.3 is 4.90 Å². The molecule has 0 N–H and O–H groups in total. The van der Waals surface area contributed by atoms with Crippen LogP contribution in [0.15, 0.2) is 53.5 Å². The molecule has 2 heterocycles. The van der Waals surface area contributed by atoms with Gasteiger partial charge in [-0.1, -0.05) is 36.0 Å². The Kier molecular flexibility index (Phi) is 5.59. The molecule has 2 saturated heterocycles. The van der Waals surface area contributed by atoms with Crippen LogP contribution in [-0.4, -0.2) is 42.3 Å². The maximum absolute atomic E-state index is 13.6. The predicted molar refractivity (Wildman–Crippen MR) is 110 cm³/mol. The van der Waals surface area contributed by atoms with Gasteiger partial charge in [0.25, 0.3) is 5.91 Å². The number of nitrogens with zero attached hydrogens (tertiary/aromatic N) is 2. The number of hydrogen-bond acceptors (Lipinski definition) is 4. The van der Waals surface area contributed by atoms with Gasteiger partial charge >= 0.3 is 6.18 Å². The molecule has 0 bridgehead atoms. The summed E-state index contributed by atoms with van der Waals surface area (Å²) in [4.78, 5) is 17.7. The third-order valence-corrected chi connectivity index (χ3v) is 8.23. The monoisotopic (exact) mass is 472 g/mol. The third-order valence-electron chi connectivity index (χ3n) is 5.02. The fourth-order valence-electron chi connectivity index (χ4n) is 3.69. The number of rotatable bonds is 3. The summed E-state index contributed by atoms with van der Waals surface area (Å²) in [5.74, 6) is -1.59. The first-order chi connectivity index (χ1) is 14.5. The molecule has 0 saturated carbocycles. The van der Waals surface area contributed by atoms with Crippen molar-refractivity contribution in [2.45, 2.75) is 23.9 Å². The van der Waals surface area contributed by atoms with Crippen molar-refractivity contribution < 1.29 is 30.8 Å². The molecule has 31 heavy (non-hydrogen) atoms. The Bertz CT molecular complexity index is 1150. The zero-order valence-electron chi connectivity index (χ0n) is 15.8. The number of hydrogen-bond donors (Lipinski definition) is 0. The zero-order valence-corrected chi connectivity index (χ0v) is 17.5. The van der Waals surface area contributed by atoms with Crippen LogP contribution >= 0.6 is 11.8 Å². The lowest BCUT2D eigenvalue weighted by atomic mass is 10.1. The normalized spacial score (nSPS) is 23.9. The quantitative estimate of drug-likeness (QED) is 0.638. The van der Waals surface area contributed by atoms with Gasteiger partial charge in [0.1, 0.15) is 5.82 Å². The van der Waals surface area contributed by atoms with Crippen LogP contribution in [0, 0.1) is 5.82 Å². The van der Waals surface area contributed by atoms with Gasteiger partial charge in [0.2, 0.25) is 0 Å². The highest BCUT2D eigenvalue weighted by atomic mass is 32.2. The van der Waals surface area contributed by atoms with E-state index >= 15 is 0 Å². The highest BCUT2D eigenvalue weighted by molar-refractivity contribution is 8.16. The van der Waals surface area contributed by atoms with Crippen molar-refractivity contribution in [2.75, 3.05) is 16.4 Å². The van der Waals surface area contributed by atoms with Crippen molar-refractivity contribution in [3.8, 4) is 0 Å². The van der Waals surface area contributed by atoms with E-state index in [0.29, 0.717) is 5.56 Å². The Morgan fingerprint density at radius 3 is 2.45 bits per heavy atom. The second-order valence-electron chi connectivity index (χ2n) is 7.28. The maximum atomic E-state index is 13.6. The number of alkyl halides is 3. The van der Waals surface area contributed by atoms with Gasteiger partial charge in [0.05, 0.1) is 35.2 Å². The van der Waals surface area contributed by atoms with Crippen molar-refractivity contribution >= 4 is 38.4 Å². The second-order valence-corrected chi connectivity index (χ2v) is 10.6. The Morgan fingerprint density at radius 1 is 1.10 bits per heavy atom. The molecule has 2 atom stereocenters. The number of sulfone groups is 1. The molecule has 5 nitrogen and oxygen atoms in total. The molecule has 11 heteroatoms. The highest BCUT2D eigenvalue weighted by Gasteiger charge is 2.51. The lowest BCUT2D eigenvalue weighted by Crippen LogP contribution is -2.39. The molecule has 0 spiro atoms. The van der Waals surface area contributed by atoms with E-state index in [1.807, 2.05) is 0 Å². The smallest absolute Gasteiger partial charge is 0.315 e. The summed E-state index contributed by atoms with van der Waals surface area (Å²) in [6.07, 6.45) is -4.83. The van der Waals surface area contributed by atoms with Crippen LogP contribution in [0.1, 0.15) is 11.1 Å². The fraction of sp³-hybridized carbons (Fsp3) is 0.300. The fourth-order valence-corrected chi connectivity index (χ4v) is 7.62. The van der Waals surface area contributed by atoms with Crippen LogP contribution in [-0.2, 0) is 27.2 Å². The highest BCUT2D eigenvalue weighted by Crippen LogP contribution is 2.45. The minimum atomic E-state index is -4.67. The van der Waals surface area contributed by atoms with Gasteiger partial charge in [-0.15, -0.1) is 0 Å². The molecule has 4 rings (SSSR count). The molecular weight excluding hydrogens is 456 g/mol. The van der Waals surface area contributed by atoms with Crippen molar-refractivity contribution in [1.82, 2.24) is 0 Å². The maximum Gasteiger partial charge on any atom is 0.418 e. The predicted octanol–water partition coefficient (Wildman–Crippen LogP) is 3.69. The number of halogens is 4. The number of para-hydroxylation sites is 1. The number of amides is 1. The van der Waals surface area contributed by atoms with E-state index in [4.69, 9.17) is 0 Å². The summed E-state index contributed by atoms with van der Waals surface area (Å²) in [7, 11) is -3.42. The van der Waals surface area contributed by atoms with E-state index in [-0.39, 0.29) is 28.8 Å². The summed E-state index contributed by atoms with van der Waals surface area (Å²) in [5, 5.41) is -0.489. The average molecular weight is 472 g/mol. The van der Waals surface area contributed by atoms with E-state index < -0.39 is 44.6 Å². The zero-order chi connectivity index (χ0) is 22.4. The van der Waals surface area contributed by atoms with Crippen molar-refractivity contribution in [3.63, 3.8) is 0 Å². The molecule has 0 unspecified atom stereocenters. The first kappa shape index (κ1) is 21.8. The lowest BCUT2D eigenvalue weighted by Gasteiger charge is -2.27. The number of fused-ring (bicyclic) bond motifs is 1. The second kappa shape index (κ2) is 7.94. The molecule has 2 aromatic carbocycles. The molecule has 2 aliphatic heterocycles. The SMILES string of the molecule is O=C(Cc1ccc(F)cc1)N=C1S[C@H]2CS(=O)(=O)C[C@@H]2N1c1ccccc1C(F)(F)F. The number of anilines is 1. The molecule has 0 aliphatic carbocycles. The average Bonchev–Trinajstić information content (AvgIpc) is 3.13. The number of carbonyl (C=O) groups excluding carboxylic acids is 1. The first-order valence-corrected chi connectivity index (χ1v) is 11.9. The van der Waals surface area contributed by atoms with Crippen LogP contribution < -0.4 is 4.90 Å². The number of carbonyl (C=O) groups is 1. The number of thioether (sulfide) groups is 1. The van der Waals surface area contributed by atoms with E-state index in [1.165, 1.54) is 47.4 Å². The first-order valence-electron chi connectivity index (χ1n) is 9.22. The Labute approximate surface area is 180 Å². The van der Waals surface area contributed by atoms with E-state index in [2.05, 4.69) is 4.99 Å². The number of amidine groups is 1. The molecule has 2 aromatic rings. The molecule has 1 amide bonds. The summed E-state index contributed by atoms with van der Waals surface area (Å²) in [5.41, 5.74) is -0.663. The topological polar surface area (TPSA) is 66.8 Å². The molecule has 0 radical (unpaired) electrons.